The summed E-state index contributed by atoms with van der Waals surface area (Å²) in [6, 6.07) is 10.2. The van der Waals surface area contributed by atoms with Crippen molar-refractivity contribution in [1.82, 2.24) is 51.3 Å². The van der Waals surface area contributed by atoms with Gasteiger partial charge in [0.2, 0.25) is 35.4 Å². The average molecular weight is 1090 g/mol. The van der Waals surface area contributed by atoms with Crippen LogP contribution in [0.1, 0.15) is 110 Å². The summed E-state index contributed by atoms with van der Waals surface area (Å²) in [6.45, 7) is 4.65. The van der Waals surface area contributed by atoms with E-state index in [2.05, 4.69) is 31.9 Å². The number of imide groups is 1. The lowest BCUT2D eigenvalue weighted by atomic mass is 9.81. The number of aryl methyl sites for hydroxylation is 1. The third kappa shape index (κ3) is 12.6. The van der Waals surface area contributed by atoms with Gasteiger partial charge >= 0.3 is 5.97 Å². The van der Waals surface area contributed by atoms with Crippen molar-refractivity contribution >= 4 is 64.1 Å². The molecule has 8 rings (SSSR count). The van der Waals surface area contributed by atoms with Crippen molar-refractivity contribution in [1.29, 1.82) is 0 Å². The van der Waals surface area contributed by atoms with Crippen molar-refractivity contribution < 1.29 is 57.4 Å². The number of rotatable bonds is 24. The SMILES string of the molecule is CC[C@@]1(O)C(=O)OCc2c1cc1n(c2=O)Cc2c-1nc1cc(F)c(C)c3c1c2C(NC(=O)CCN(C)CCNC(=O)CNC(=O)[C@@H](NC(=O)CNC(=O)CNC(=O)CCCCCN1C(=O)C=CC1=O)[C@H](C)c1ccccc1)CC3. The fourth-order valence-electron chi connectivity index (χ4n) is 10.6. The Morgan fingerprint density at radius 3 is 2.28 bits per heavy atom. The number of cyclic esters (lactones) is 1. The quantitative estimate of drug-likeness (QED) is 0.0260. The first kappa shape index (κ1) is 57.0. The molecule has 0 saturated carbocycles. The Labute approximate surface area is 454 Å². The Bertz CT molecular complexity index is 3200. The van der Waals surface area contributed by atoms with E-state index >= 15 is 4.39 Å². The fraction of sp³-hybridized carbons (Fsp3) is 0.446. The van der Waals surface area contributed by atoms with Gasteiger partial charge in [-0.2, -0.15) is 0 Å². The first-order chi connectivity index (χ1) is 37.8. The second-order valence-electron chi connectivity index (χ2n) is 20.4. The molecule has 2 aromatic carbocycles. The number of ether oxygens (including phenoxy) is 1. The molecule has 79 heavy (non-hydrogen) atoms. The summed E-state index contributed by atoms with van der Waals surface area (Å²) in [7, 11) is 1.79. The number of fused-ring (bicyclic) bond motifs is 5. The van der Waals surface area contributed by atoms with Crippen LogP contribution in [0, 0.1) is 12.7 Å². The van der Waals surface area contributed by atoms with E-state index in [-0.39, 0.29) is 80.3 Å². The van der Waals surface area contributed by atoms with E-state index in [9.17, 15) is 53.1 Å². The van der Waals surface area contributed by atoms with Gasteiger partial charge < -0.3 is 51.2 Å². The summed E-state index contributed by atoms with van der Waals surface area (Å²) in [5.74, 6) is -5.69. The highest BCUT2D eigenvalue weighted by Crippen LogP contribution is 2.46. The number of likely N-dealkylation sites (N-methyl/N-ethyl adjacent to an activating group) is 1. The summed E-state index contributed by atoms with van der Waals surface area (Å²) in [5.41, 5.74) is 2.39. The van der Waals surface area contributed by atoms with Crippen LogP contribution >= 0.6 is 0 Å². The van der Waals surface area contributed by atoms with Gasteiger partial charge in [0.25, 0.3) is 17.4 Å². The molecule has 5 heterocycles. The molecule has 4 aromatic rings. The molecule has 418 valence electrons. The first-order valence-electron chi connectivity index (χ1n) is 26.5. The maximum atomic E-state index is 15.4. The predicted octanol–water partition coefficient (Wildman–Crippen LogP) is 1.19. The molecule has 1 aliphatic carbocycles. The van der Waals surface area contributed by atoms with Crippen LogP contribution in [0.2, 0.25) is 0 Å². The lowest BCUT2D eigenvalue weighted by molar-refractivity contribution is -0.172. The molecule has 23 heteroatoms. The number of benzene rings is 2. The maximum Gasteiger partial charge on any atom is 0.343 e. The minimum absolute atomic E-state index is 0.0297. The molecule has 0 bridgehead atoms. The normalized spacial score (nSPS) is 17.6. The van der Waals surface area contributed by atoms with Gasteiger partial charge in [-0.3, -0.25) is 48.1 Å². The van der Waals surface area contributed by atoms with E-state index in [1.165, 1.54) is 22.8 Å². The first-order valence-corrected chi connectivity index (χ1v) is 26.5. The van der Waals surface area contributed by atoms with Crippen LogP contribution in [-0.2, 0) is 73.1 Å². The number of esters is 1. The fourth-order valence-corrected chi connectivity index (χ4v) is 10.6. The zero-order valence-electron chi connectivity index (χ0n) is 44.6. The summed E-state index contributed by atoms with van der Waals surface area (Å²) in [5, 5.41) is 28.2. The van der Waals surface area contributed by atoms with Gasteiger partial charge in [-0.05, 0) is 74.4 Å². The van der Waals surface area contributed by atoms with Crippen molar-refractivity contribution in [2.24, 2.45) is 0 Å². The number of nitrogens with zero attached hydrogens (tertiary/aromatic N) is 4. The van der Waals surface area contributed by atoms with Crippen molar-refractivity contribution in [3.05, 3.63) is 110 Å². The number of carbonyl (C=O) groups excluding carboxylic acids is 9. The maximum absolute atomic E-state index is 15.4. The van der Waals surface area contributed by atoms with Crippen molar-refractivity contribution in [2.45, 2.75) is 109 Å². The van der Waals surface area contributed by atoms with Crippen LogP contribution in [0.5, 0.6) is 0 Å². The second-order valence-corrected chi connectivity index (χ2v) is 20.4. The van der Waals surface area contributed by atoms with Crippen LogP contribution < -0.4 is 37.5 Å². The van der Waals surface area contributed by atoms with Crippen molar-refractivity contribution in [3.8, 4) is 11.4 Å². The number of carbonyl (C=O) groups is 9. The standard InChI is InChI=1S/C56H65FN10O12/c1-5-56(78)37-24-41-52-35(29-67(41)54(76)36(37)30-79-55(56)77)50-39(16-15-34-32(3)38(57)25-40(63-52)49(34)50)62-43(69)19-22-65(4)23-20-58-44(70)27-61-53(75)51(31(2)33-12-8-6-9-13-33)64-46(72)28-60-45(71)26-59-42(68)14-10-7-11-21-66-47(73)17-18-48(66)74/h6,8-9,12-13,17-18,24-25,31,39,51,78H,5,7,10-11,14-16,19-23,26-30H2,1-4H3,(H,58,70)(H,59,68)(H,60,71)(H,61,75)(H,62,69)(H,64,72)/t31-,39?,51+,56+/m1/s1. The molecular formula is C56H65FN10O12. The van der Waals surface area contributed by atoms with Crippen LogP contribution in [0.25, 0.3) is 22.3 Å². The van der Waals surface area contributed by atoms with E-state index in [1.54, 1.807) is 64.2 Å². The minimum atomic E-state index is -2.03. The molecule has 3 aliphatic heterocycles. The van der Waals surface area contributed by atoms with Crippen LogP contribution in [0.3, 0.4) is 0 Å². The van der Waals surface area contributed by atoms with E-state index in [0.717, 1.165) is 27.0 Å². The van der Waals surface area contributed by atoms with Crippen LogP contribution in [-0.4, -0.2) is 137 Å². The smallest absolute Gasteiger partial charge is 0.343 e. The van der Waals surface area contributed by atoms with Crippen molar-refractivity contribution in [3.63, 3.8) is 0 Å². The Kier molecular flexibility index (Phi) is 17.8. The topological polar surface area (TPSA) is 297 Å². The van der Waals surface area contributed by atoms with Crippen LogP contribution in [0.4, 0.5) is 4.39 Å². The summed E-state index contributed by atoms with van der Waals surface area (Å²) < 4.78 is 22.2. The number of amides is 8. The van der Waals surface area contributed by atoms with Gasteiger partial charge in [-0.1, -0.05) is 50.6 Å². The monoisotopic (exact) mass is 1090 g/mol. The molecule has 0 fully saturated rings. The zero-order valence-corrected chi connectivity index (χ0v) is 44.6. The number of hydrogen-bond donors (Lipinski definition) is 7. The molecule has 4 aliphatic rings. The average Bonchev–Trinajstić information content (AvgIpc) is 3.51. The van der Waals surface area contributed by atoms with Crippen molar-refractivity contribution in [2.75, 3.05) is 52.9 Å². The molecular weight excluding hydrogens is 1020 g/mol. The number of hydrogen-bond acceptors (Lipinski definition) is 14. The minimum Gasteiger partial charge on any atom is -0.458 e. The Hall–Kier alpha value is -8.18. The molecule has 7 N–H and O–H groups in total. The summed E-state index contributed by atoms with van der Waals surface area (Å²) in [6.07, 6.45) is 5.08. The van der Waals surface area contributed by atoms with Gasteiger partial charge in [-0.25, -0.2) is 14.2 Å². The number of aliphatic hydroxyl groups is 1. The number of aromatic nitrogens is 2. The van der Waals surface area contributed by atoms with Gasteiger partial charge in [-0.15, -0.1) is 0 Å². The van der Waals surface area contributed by atoms with E-state index in [1.807, 2.05) is 4.90 Å². The second kappa shape index (κ2) is 24.7. The lowest BCUT2D eigenvalue weighted by Crippen LogP contribution is -2.53. The van der Waals surface area contributed by atoms with E-state index < -0.39 is 84.2 Å². The number of pyridine rings is 2. The van der Waals surface area contributed by atoms with E-state index in [4.69, 9.17) is 9.72 Å². The number of nitrogens with one attached hydrogen (secondary N) is 6. The third-order valence-electron chi connectivity index (χ3n) is 15.2. The number of unbranched alkanes of at least 4 members (excludes halogenated alkanes) is 2. The Morgan fingerprint density at radius 2 is 1.54 bits per heavy atom. The van der Waals surface area contributed by atoms with Gasteiger partial charge in [0, 0.05) is 79.7 Å². The van der Waals surface area contributed by atoms with Gasteiger partial charge in [0.15, 0.2) is 5.60 Å². The molecule has 2 aromatic heterocycles. The Balaban J connectivity index is 0.793. The predicted molar refractivity (Wildman–Crippen MR) is 284 cm³/mol. The van der Waals surface area contributed by atoms with Crippen LogP contribution in [0.15, 0.2) is 59.4 Å². The highest BCUT2D eigenvalue weighted by Gasteiger charge is 2.46. The van der Waals surface area contributed by atoms with Gasteiger partial charge in [0.1, 0.15) is 18.5 Å². The molecule has 4 atom stereocenters. The molecule has 0 radical (unpaired) electrons. The zero-order chi connectivity index (χ0) is 56.7. The molecule has 0 spiro atoms. The summed E-state index contributed by atoms with van der Waals surface area (Å²) >= 11 is 0. The largest absolute Gasteiger partial charge is 0.458 e. The molecule has 22 nitrogen and oxygen atoms in total. The lowest BCUT2D eigenvalue weighted by Gasteiger charge is -2.31. The van der Waals surface area contributed by atoms with E-state index in [0.29, 0.717) is 73.2 Å². The summed E-state index contributed by atoms with van der Waals surface area (Å²) in [4.78, 5) is 136. The molecule has 1 unspecified atom stereocenters. The molecule has 0 saturated heterocycles. The third-order valence-corrected chi connectivity index (χ3v) is 15.2. The Morgan fingerprint density at radius 1 is 0.848 bits per heavy atom. The number of halogens is 1. The highest BCUT2D eigenvalue weighted by atomic mass is 19.1. The van der Waals surface area contributed by atoms with Gasteiger partial charge in [0.05, 0.1) is 54.7 Å². The molecule has 8 amide bonds. The highest BCUT2D eigenvalue weighted by molar-refractivity contribution is 6.12.